The third-order valence-electron chi connectivity index (χ3n) is 6.74. The van der Waals surface area contributed by atoms with Crippen LogP contribution in [0.15, 0.2) is 54.6 Å². The number of rotatable bonds is 3. The second kappa shape index (κ2) is 8.31. The largest absolute Gasteiger partial charge is 0.465 e. The normalized spacial score (nSPS) is 17.9. The second-order valence-corrected chi connectivity index (χ2v) is 8.90. The van der Waals surface area contributed by atoms with E-state index in [1.54, 1.807) is 6.92 Å². The summed E-state index contributed by atoms with van der Waals surface area (Å²) in [4.78, 5) is 28.8. The highest BCUT2D eigenvalue weighted by atomic mass is 16.4. The second-order valence-electron chi connectivity index (χ2n) is 8.90. The maximum Gasteiger partial charge on any atom is 0.411 e. The van der Waals surface area contributed by atoms with Gasteiger partial charge in [-0.25, -0.2) is 4.79 Å². The summed E-state index contributed by atoms with van der Waals surface area (Å²) < 4.78 is 0. The van der Waals surface area contributed by atoms with Crippen molar-refractivity contribution in [3.05, 3.63) is 54.6 Å². The molecule has 2 amide bonds. The van der Waals surface area contributed by atoms with Crippen LogP contribution in [0.3, 0.4) is 0 Å². The lowest BCUT2D eigenvalue weighted by molar-refractivity contribution is -0.127. The van der Waals surface area contributed by atoms with Gasteiger partial charge in [0.15, 0.2) is 0 Å². The number of nitrogens with zero attached hydrogens (tertiary/aromatic N) is 3. The molecule has 3 aromatic rings. The first kappa shape index (κ1) is 21.1. The van der Waals surface area contributed by atoms with E-state index in [0.29, 0.717) is 25.3 Å². The van der Waals surface area contributed by atoms with Crippen LogP contribution in [0.25, 0.3) is 21.9 Å². The van der Waals surface area contributed by atoms with Gasteiger partial charge in [-0.3, -0.25) is 9.69 Å². The number of anilines is 3. The summed E-state index contributed by atoms with van der Waals surface area (Å²) in [7, 11) is 2.00. The number of fused-ring (bicyclic) bond motifs is 2. The molecule has 0 bridgehead atoms. The molecule has 0 radical (unpaired) electrons. The number of hydrogen-bond donors (Lipinski definition) is 2. The average molecular weight is 445 g/mol. The van der Waals surface area contributed by atoms with Gasteiger partial charge in [-0.2, -0.15) is 0 Å². The molecule has 2 aliphatic rings. The zero-order chi connectivity index (χ0) is 23.1. The average Bonchev–Trinajstić information content (AvgIpc) is 3.27. The fourth-order valence-corrected chi connectivity index (χ4v) is 4.95. The first-order valence-electron chi connectivity index (χ1n) is 11.3. The molecule has 170 valence electrons. The molecule has 2 N–H and O–H groups in total. The van der Waals surface area contributed by atoms with Gasteiger partial charge >= 0.3 is 6.09 Å². The zero-order valence-electron chi connectivity index (χ0n) is 18.9. The molecule has 3 aromatic carbocycles. The van der Waals surface area contributed by atoms with Gasteiger partial charge in [-0.05, 0) is 52.6 Å². The van der Waals surface area contributed by atoms with Crippen LogP contribution in [-0.2, 0) is 4.79 Å². The van der Waals surface area contributed by atoms with Crippen LogP contribution in [-0.4, -0.2) is 61.3 Å². The first-order valence-corrected chi connectivity index (χ1v) is 11.3. The molecule has 33 heavy (non-hydrogen) atoms. The minimum absolute atomic E-state index is 0.118. The maximum atomic E-state index is 11.7. The van der Waals surface area contributed by atoms with Crippen LogP contribution >= 0.6 is 0 Å². The summed E-state index contributed by atoms with van der Waals surface area (Å²) in [5.74, 6) is 0.118. The van der Waals surface area contributed by atoms with Crippen molar-refractivity contribution in [1.82, 2.24) is 4.90 Å². The number of carbonyl (C=O) groups excluding carboxylic acids is 1. The van der Waals surface area contributed by atoms with Gasteiger partial charge in [0.1, 0.15) is 0 Å². The highest BCUT2D eigenvalue weighted by Crippen LogP contribution is 2.39. The summed E-state index contributed by atoms with van der Waals surface area (Å²) in [6.45, 7) is 4.23. The Morgan fingerprint density at radius 2 is 1.82 bits per heavy atom. The monoisotopic (exact) mass is 444 g/mol. The van der Waals surface area contributed by atoms with E-state index in [-0.39, 0.29) is 11.9 Å². The zero-order valence-corrected chi connectivity index (χ0v) is 18.9. The van der Waals surface area contributed by atoms with E-state index in [4.69, 9.17) is 0 Å². The van der Waals surface area contributed by atoms with Crippen molar-refractivity contribution < 1.29 is 14.7 Å². The molecule has 0 aliphatic carbocycles. The Balaban J connectivity index is 1.55. The molecule has 5 rings (SSSR count). The molecule has 1 saturated heterocycles. The fourth-order valence-electron chi connectivity index (χ4n) is 4.95. The molecular formula is C26H28N4O3. The lowest BCUT2D eigenvalue weighted by Gasteiger charge is -2.34. The molecule has 7 heteroatoms. The van der Waals surface area contributed by atoms with Gasteiger partial charge < -0.3 is 20.2 Å². The van der Waals surface area contributed by atoms with Crippen LogP contribution in [0.2, 0.25) is 0 Å². The van der Waals surface area contributed by atoms with E-state index in [1.807, 2.05) is 36.2 Å². The van der Waals surface area contributed by atoms with Crippen LogP contribution in [0.1, 0.15) is 13.3 Å². The van der Waals surface area contributed by atoms with Crippen molar-refractivity contribution in [3.63, 3.8) is 0 Å². The van der Waals surface area contributed by atoms with Crippen molar-refractivity contribution >= 4 is 39.8 Å². The number of benzene rings is 3. The van der Waals surface area contributed by atoms with Crippen molar-refractivity contribution in [3.8, 4) is 11.1 Å². The summed E-state index contributed by atoms with van der Waals surface area (Å²) >= 11 is 0. The summed E-state index contributed by atoms with van der Waals surface area (Å²) in [6.07, 6.45) is 0.000983. The van der Waals surface area contributed by atoms with Gasteiger partial charge in [0.2, 0.25) is 5.91 Å². The van der Waals surface area contributed by atoms with E-state index in [2.05, 4.69) is 40.5 Å². The molecule has 1 atom stereocenters. The number of carbonyl (C=O) groups is 2. The predicted octanol–water partition coefficient (Wildman–Crippen LogP) is 4.47. The minimum atomic E-state index is -0.926. The van der Waals surface area contributed by atoms with E-state index in [0.717, 1.165) is 46.2 Å². The molecule has 0 saturated carbocycles. The Bertz CT molecular complexity index is 1240. The van der Waals surface area contributed by atoms with Crippen LogP contribution in [0, 0.1) is 0 Å². The van der Waals surface area contributed by atoms with Crippen molar-refractivity contribution in [2.75, 3.05) is 48.3 Å². The number of carboxylic acid groups (broad SMARTS) is 1. The van der Waals surface area contributed by atoms with Gasteiger partial charge in [0, 0.05) is 51.9 Å². The van der Waals surface area contributed by atoms with Crippen molar-refractivity contribution in [2.24, 2.45) is 0 Å². The lowest BCUT2D eigenvalue weighted by atomic mass is 9.95. The van der Waals surface area contributed by atoms with Crippen LogP contribution in [0.5, 0.6) is 0 Å². The Morgan fingerprint density at radius 3 is 2.58 bits per heavy atom. The van der Waals surface area contributed by atoms with Crippen LogP contribution < -0.4 is 15.1 Å². The highest BCUT2D eigenvalue weighted by Gasteiger charge is 2.26. The van der Waals surface area contributed by atoms with E-state index in [1.165, 1.54) is 4.90 Å². The summed E-state index contributed by atoms with van der Waals surface area (Å²) in [5.41, 5.74) is 4.80. The predicted molar refractivity (Wildman–Crippen MR) is 132 cm³/mol. The number of nitrogens with one attached hydrogen (secondary N) is 1. The molecule has 1 fully saturated rings. The number of hydrogen-bond acceptors (Lipinski definition) is 4. The first-order chi connectivity index (χ1) is 15.9. The Morgan fingerprint density at radius 1 is 1.00 bits per heavy atom. The molecular weight excluding hydrogens is 416 g/mol. The Kier molecular flexibility index (Phi) is 5.32. The molecule has 0 aromatic heterocycles. The lowest BCUT2D eigenvalue weighted by Crippen LogP contribution is -2.41. The molecule has 2 heterocycles. The quantitative estimate of drug-likeness (QED) is 0.623. The number of likely N-dealkylation sites (N-methyl/N-ethyl adjacent to an activating group) is 1. The van der Waals surface area contributed by atoms with Crippen LogP contribution in [0.4, 0.5) is 21.9 Å². The van der Waals surface area contributed by atoms with Gasteiger partial charge in [-0.1, -0.05) is 30.3 Å². The Hall–Kier alpha value is -3.74. The summed E-state index contributed by atoms with van der Waals surface area (Å²) in [6, 6.07) is 18.9. The standard InChI is InChI=1S/C26H28N4O3/c1-17(31)29-10-9-20(16-29)27-21-13-18-5-3-4-6-22(18)23(15-21)19-7-8-24-25(14-19)28(2)11-12-30(24)26(32)33/h3-8,13-15,20,27H,9-12,16H2,1-2H3,(H,32,33)/t20-/m0/s1. The molecule has 2 aliphatic heterocycles. The topological polar surface area (TPSA) is 76.1 Å². The van der Waals surface area contributed by atoms with E-state index >= 15 is 0 Å². The molecule has 7 nitrogen and oxygen atoms in total. The van der Waals surface area contributed by atoms with Gasteiger partial charge in [0.25, 0.3) is 0 Å². The highest BCUT2D eigenvalue weighted by molar-refractivity contribution is 6.01. The van der Waals surface area contributed by atoms with Gasteiger partial charge in [0.05, 0.1) is 11.4 Å². The molecule has 0 unspecified atom stereocenters. The van der Waals surface area contributed by atoms with Gasteiger partial charge in [-0.15, -0.1) is 0 Å². The van der Waals surface area contributed by atoms with Crippen molar-refractivity contribution in [1.29, 1.82) is 0 Å². The Labute approximate surface area is 193 Å². The smallest absolute Gasteiger partial charge is 0.411 e. The van der Waals surface area contributed by atoms with Crippen molar-refractivity contribution in [2.45, 2.75) is 19.4 Å². The SMILES string of the molecule is CC(=O)N1CC[C@H](Nc2cc(-c3ccc4c(c3)N(C)CCN4C(=O)O)c3ccccc3c2)C1. The van der Waals surface area contributed by atoms with E-state index in [9.17, 15) is 14.7 Å². The van der Waals surface area contributed by atoms with E-state index < -0.39 is 6.09 Å². The number of likely N-dealkylation sites (tertiary alicyclic amines) is 1. The fraction of sp³-hybridized carbons (Fsp3) is 0.308. The summed E-state index contributed by atoms with van der Waals surface area (Å²) in [5, 5.41) is 15.5. The molecule has 0 spiro atoms. The number of amides is 2. The minimum Gasteiger partial charge on any atom is -0.465 e. The maximum absolute atomic E-state index is 11.7. The third-order valence-corrected chi connectivity index (χ3v) is 6.74. The third kappa shape index (κ3) is 3.95.